The number of phenolic OH excluding ortho intramolecular Hbond substituents is 1. The summed E-state index contributed by atoms with van der Waals surface area (Å²) in [6.45, 7) is 0. The summed E-state index contributed by atoms with van der Waals surface area (Å²) in [5.74, 6) is -3.31. The van der Waals surface area contributed by atoms with Gasteiger partial charge in [-0.1, -0.05) is 0 Å². The van der Waals surface area contributed by atoms with Crippen LogP contribution in [-0.4, -0.2) is 10.9 Å². The van der Waals surface area contributed by atoms with E-state index in [0.29, 0.717) is 19.3 Å². The lowest BCUT2D eigenvalue weighted by Crippen LogP contribution is -2.13. The van der Waals surface area contributed by atoms with Crippen LogP contribution >= 0.6 is 0 Å². The van der Waals surface area contributed by atoms with Crippen molar-refractivity contribution in [3.63, 3.8) is 0 Å². The molecule has 0 heterocycles. The summed E-state index contributed by atoms with van der Waals surface area (Å²) in [5.41, 5.74) is 0.212. The number of carbonyl (C=O) groups excluding carboxylic acids is 1. The minimum atomic E-state index is -1.07. The van der Waals surface area contributed by atoms with E-state index in [0.717, 1.165) is 6.07 Å². The number of benzene rings is 1. The second-order valence-corrected chi connectivity index (χ2v) is 3.32. The zero-order valence-electron chi connectivity index (χ0n) is 7.31. The molecule has 0 spiro atoms. The van der Waals surface area contributed by atoms with Crippen LogP contribution in [0.5, 0.6) is 5.75 Å². The Balaban J connectivity index is 2.69. The van der Waals surface area contributed by atoms with Crippen LogP contribution in [0.1, 0.15) is 28.8 Å². The number of ketones is 1. The highest BCUT2D eigenvalue weighted by atomic mass is 19.1. The Morgan fingerprint density at radius 3 is 2.71 bits per heavy atom. The van der Waals surface area contributed by atoms with Gasteiger partial charge in [0.25, 0.3) is 0 Å². The Kier molecular flexibility index (Phi) is 1.98. The molecule has 4 heteroatoms. The van der Waals surface area contributed by atoms with Crippen molar-refractivity contribution in [2.24, 2.45) is 0 Å². The Morgan fingerprint density at radius 1 is 1.29 bits per heavy atom. The highest BCUT2D eigenvalue weighted by Crippen LogP contribution is 2.31. The zero-order chi connectivity index (χ0) is 10.3. The van der Waals surface area contributed by atoms with Gasteiger partial charge in [0.1, 0.15) is 0 Å². The monoisotopic (exact) mass is 198 g/mol. The minimum Gasteiger partial charge on any atom is -0.503 e. The summed E-state index contributed by atoms with van der Waals surface area (Å²) in [6.07, 6.45) is 1.24. The molecule has 0 saturated heterocycles. The van der Waals surface area contributed by atoms with Gasteiger partial charge in [-0.3, -0.25) is 4.79 Å². The lowest BCUT2D eigenvalue weighted by molar-refractivity contribution is 0.0970. The Labute approximate surface area is 79.2 Å². The predicted octanol–water partition coefficient (Wildman–Crippen LogP) is 2.19. The van der Waals surface area contributed by atoms with Crippen LogP contribution in [-0.2, 0) is 6.42 Å². The van der Waals surface area contributed by atoms with Crippen molar-refractivity contribution >= 4 is 5.78 Å². The van der Waals surface area contributed by atoms with Crippen LogP contribution < -0.4 is 0 Å². The zero-order valence-corrected chi connectivity index (χ0v) is 7.31. The molecule has 0 bridgehead atoms. The standard InChI is InChI=1S/C10H8F2O2/c11-7-4-6-5(9(12)10(7)14)2-1-3-8(6)13/h4,14H,1-3H2. The van der Waals surface area contributed by atoms with Crippen molar-refractivity contribution in [2.45, 2.75) is 19.3 Å². The fourth-order valence-corrected chi connectivity index (χ4v) is 1.70. The van der Waals surface area contributed by atoms with E-state index in [4.69, 9.17) is 5.11 Å². The van der Waals surface area contributed by atoms with Crippen molar-refractivity contribution in [2.75, 3.05) is 0 Å². The fraction of sp³-hybridized carbons (Fsp3) is 0.300. The number of halogens is 2. The molecule has 0 unspecified atom stereocenters. The molecule has 0 saturated carbocycles. The molecule has 1 N–H and O–H groups in total. The molecule has 0 radical (unpaired) electrons. The lowest BCUT2D eigenvalue weighted by atomic mass is 9.90. The van der Waals surface area contributed by atoms with E-state index >= 15 is 0 Å². The SMILES string of the molecule is O=C1CCCc2c1cc(F)c(O)c2F. The number of carbonyl (C=O) groups is 1. The molecule has 2 rings (SSSR count). The average Bonchev–Trinajstić information content (AvgIpc) is 2.17. The highest BCUT2D eigenvalue weighted by molar-refractivity contribution is 5.98. The van der Waals surface area contributed by atoms with Gasteiger partial charge in [-0.25, -0.2) is 8.78 Å². The molecular weight excluding hydrogens is 190 g/mol. The lowest BCUT2D eigenvalue weighted by Gasteiger charge is -2.15. The Hall–Kier alpha value is -1.45. The number of rotatable bonds is 0. The quantitative estimate of drug-likeness (QED) is 0.693. The molecule has 0 atom stereocenters. The van der Waals surface area contributed by atoms with E-state index in [9.17, 15) is 13.6 Å². The molecule has 0 fully saturated rings. The smallest absolute Gasteiger partial charge is 0.188 e. The van der Waals surface area contributed by atoms with Crippen molar-refractivity contribution in [1.82, 2.24) is 0 Å². The number of hydrogen-bond donors (Lipinski definition) is 1. The second kappa shape index (κ2) is 3.04. The molecule has 1 aromatic carbocycles. The Bertz CT molecular complexity index is 413. The molecule has 0 aromatic heterocycles. The number of aromatic hydroxyl groups is 1. The summed E-state index contributed by atoms with van der Waals surface area (Å²) in [6, 6.07) is 0.912. The molecule has 0 amide bonds. The summed E-state index contributed by atoms with van der Waals surface area (Å²) in [5, 5.41) is 8.99. The summed E-state index contributed by atoms with van der Waals surface area (Å²) < 4.78 is 26.2. The summed E-state index contributed by atoms with van der Waals surface area (Å²) in [4.78, 5) is 11.3. The Morgan fingerprint density at radius 2 is 2.00 bits per heavy atom. The molecule has 1 aromatic rings. The van der Waals surface area contributed by atoms with Crippen molar-refractivity contribution < 1.29 is 18.7 Å². The highest BCUT2D eigenvalue weighted by Gasteiger charge is 2.24. The van der Waals surface area contributed by atoms with E-state index in [1.807, 2.05) is 0 Å². The predicted molar refractivity (Wildman–Crippen MR) is 45.3 cm³/mol. The summed E-state index contributed by atoms with van der Waals surface area (Å²) in [7, 11) is 0. The normalized spacial score (nSPS) is 15.4. The topological polar surface area (TPSA) is 37.3 Å². The van der Waals surface area contributed by atoms with E-state index in [2.05, 4.69) is 0 Å². The average molecular weight is 198 g/mol. The number of fused-ring (bicyclic) bond motifs is 1. The first-order valence-corrected chi connectivity index (χ1v) is 4.34. The number of Topliss-reactive ketones (excluding diaryl/α,β-unsaturated/α-hetero) is 1. The minimum absolute atomic E-state index is 0.0732. The third-order valence-electron chi connectivity index (χ3n) is 2.43. The first-order chi connectivity index (χ1) is 6.61. The second-order valence-electron chi connectivity index (χ2n) is 3.32. The van der Waals surface area contributed by atoms with Crippen LogP contribution in [0.2, 0.25) is 0 Å². The largest absolute Gasteiger partial charge is 0.503 e. The van der Waals surface area contributed by atoms with Gasteiger partial charge >= 0.3 is 0 Å². The van der Waals surface area contributed by atoms with Gasteiger partial charge < -0.3 is 5.11 Å². The molecule has 1 aliphatic rings. The summed E-state index contributed by atoms with van der Waals surface area (Å²) >= 11 is 0. The van der Waals surface area contributed by atoms with Gasteiger partial charge in [0, 0.05) is 17.5 Å². The first-order valence-electron chi connectivity index (χ1n) is 4.34. The van der Waals surface area contributed by atoms with Gasteiger partial charge in [-0.05, 0) is 18.9 Å². The molecule has 2 nitrogen and oxygen atoms in total. The number of hydrogen-bond acceptors (Lipinski definition) is 2. The fourth-order valence-electron chi connectivity index (χ4n) is 1.70. The van der Waals surface area contributed by atoms with Gasteiger partial charge in [-0.15, -0.1) is 0 Å². The van der Waals surface area contributed by atoms with Crippen molar-refractivity contribution in [3.8, 4) is 5.75 Å². The van der Waals surface area contributed by atoms with Gasteiger partial charge in [0.15, 0.2) is 23.2 Å². The van der Waals surface area contributed by atoms with E-state index < -0.39 is 17.4 Å². The third kappa shape index (κ3) is 1.18. The first kappa shape index (κ1) is 9.12. The van der Waals surface area contributed by atoms with Gasteiger partial charge in [0.2, 0.25) is 0 Å². The molecule has 0 aliphatic heterocycles. The molecular formula is C10H8F2O2. The molecule has 1 aliphatic carbocycles. The maximum atomic E-state index is 13.3. The van der Waals surface area contributed by atoms with E-state index in [-0.39, 0.29) is 16.9 Å². The van der Waals surface area contributed by atoms with Crippen molar-refractivity contribution in [3.05, 3.63) is 28.8 Å². The third-order valence-corrected chi connectivity index (χ3v) is 2.43. The van der Waals surface area contributed by atoms with Crippen LogP contribution in [0.25, 0.3) is 0 Å². The van der Waals surface area contributed by atoms with Crippen LogP contribution in [0, 0.1) is 11.6 Å². The number of phenols is 1. The van der Waals surface area contributed by atoms with Gasteiger partial charge in [-0.2, -0.15) is 0 Å². The van der Waals surface area contributed by atoms with Crippen LogP contribution in [0.15, 0.2) is 6.07 Å². The van der Waals surface area contributed by atoms with Crippen LogP contribution in [0.3, 0.4) is 0 Å². The van der Waals surface area contributed by atoms with Crippen molar-refractivity contribution in [1.29, 1.82) is 0 Å². The molecule has 14 heavy (non-hydrogen) atoms. The van der Waals surface area contributed by atoms with Crippen LogP contribution in [0.4, 0.5) is 8.78 Å². The van der Waals surface area contributed by atoms with Gasteiger partial charge in [0.05, 0.1) is 0 Å². The maximum Gasteiger partial charge on any atom is 0.188 e. The molecule has 74 valence electrons. The van der Waals surface area contributed by atoms with E-state index in [1.54, 1.807) is 0 Å². The van der Waals surface area contributed by atoms with E-state index in [1.165, 1.54) is 0 Å². The maximum absolute atomic E-state index is 13.3.